The van der Waals surface area contributed by atoms with Crippen LogP contribution in [0.25, 0.3) is 11.0 Å². The van der Waals surface area contributed by atoms with Crippen LogP contribution in [-0.2, 0) is 16.4 Å². The van der Waals surface area contributed by atoms with Gasteiger partial charge in [-0.15, -0.1) is 11.6 Å². The molecule has 0 aliphatic carbocycles. The van der Waals surface area contributed by atoms with Crippen LogP contribution in [0.2, 0.25) is 10.0 Å². The Bertz CT molecular complexity index is 754. The monoisotopic (exact) mass is 354 g/mol. The lowest BCUT2D eigenvalue weighted by atomic mass is 10.3. The number of aryl methyl sites for hydroxylation is 1. The van der Waals surface area contributed by atoms with Crippen molar-refractivity contribution < 1.29 is 8.42 Å². The molecule has 2 aromatic rings. The van der Waals surface area contributed by atoms with E-state index in [2.05, 4.69) is 4.98 Å². The van der Waals surface area contributed by atoms with E-state index in [1.54, 1.807) is 23.6 Å². The van der Waals surface area contributed by atoms with E-state index < -0.39 is 9.84 Å². The van der Waals surface area contributed by atoms with Gasteiger partial charge in [-0.2, -0.15) is 0 Å². The molecule has 0 spiro atoms. The Kier molecular flexibility index (Phi) is 4.54. The Balaban J connectivity index is 2.59. The predicted octanol–water partition coefficient (Wildman–Crippen LogP) is 3.69. The molecule has 1 aromatic heterocycles. The zero-order valence-corrected chi connectivity index (χ0v) is 14.0. The smallest absolute Gasteiger partial charge is 0.149 e. The second kappa shape index (κ2) is 5.72. The lowest BCUT2D eigenvalue weighted by Crippen LogP contribution is -2.13. The molecule has 1 unspecified atom stereocenters. The normalized spacial score (nSPS) is 13.8. The van der Waals surface area contributed by atoms with E-state index in [4.69, 9.17) is 34.8 Å². The molecular weight excluding hydrogens is 343 g/mol. The number of alkyl halides is 1. The first kappa shape index (κ1) is 15.9. The van der Waals surface area contributed by atoms with Crippen LogP contribution < -0.4 is 0 Å². The van der Waals surface area contributed by atoms with Crippen molar-refractivity contribution in [1.29, 1.82) is 0 Å². The molecule has 1 atom stereocenters. The van der Waals surface area contributed by atoms with Crippen molar-refractivity contribution in [3.63, 3.8) is 0 Å². The van der Waals surface area contributed by atoms with Crippen LogP contribution in [0.4, 0.5) is 0 Å². The summed E-state index contributed by atoms with van der Waals surface area (Å²) in [5, 5.41) is 0.452. The molecule has 1 heterocycles. The van der Waals surface area contributed by atoms with Crippen LogP contribution in [-0.4, -0.2) is 30.0 Å². The molecule has 2 rings (SSSR count). The zero-order chi connectivity index (χ0) is 15.1. The predicted molar refractivity (Wildman–Crippen MR) is 83.7 cm³/mol. The van der Waals surface area contributed by atoms with Crippen LogP contribution in [0.1, 0.15) is 18.1 Å². The highest BCUT2D eigenvalue weighted by Gasteiger charge is 2.17. The minimum absolute atomic E-state index is 0.00924. The summed E-state index contributed by atoms with van der Waals surface area (Å²) in [5.41, 5.74) is 1.38. The summed E-state index contributed by atoms with van der Waals surface area (Å²) in [7, 11) is -3.08. The summed E-state index contributed by atoms with van der Waals surface area (Å²) < 4.78 is 24.5. The highest BCUT2D eigenvalue weighted by atomic mass is 35.5. The molecule has 0 saturated heterocycles. The highest BCUT2D eigenvalue weighted by molar-refractivity contribution is 7.90. The Labute approximate surface area is 132 Å². The van der Waals surface area contributed by atoms with Gasteiger partial charge in [0.05, 0.1) is 32.2 Å². The number of hydrogen-bond donors (Lipinski definition) is 0. The molecule has 4 nitrogen and oxygen atoms in total. The number of imidazole rings is 1. The summed E-state index contributed by atoms with van der Waals surface area (Å²) in [6.07, 6.45) is 1.19. The van der Waals surface area contributed by atoms with Gasteiger partial charge in [0.25, 0.3) is 0 Å². The molecular formula is C12H13Cl3N2O2S. The number of nitrogens with zero attached hydrogens (tertiary/aromatic N) is 2. The molecule has 1 aromatic carbocycles. The average molecular weight is 356 g/mol. The maximum absolute atomic E-state index is 11.4. The fourth-order valence-electron chi connectivity index (χ4n) is 1.93. The van der Waals surface area contributed by atoms with E-state index in [-0.39, 0.29) is 17.7 Å². The van der Waals surface area contributed by atoms with Crippen molar-refractivity contribution in [1.82, 2.24) is 9.55 Å². The Morgan fingerprint density at radius 1 is 1.30 bits per heavy atom. The minimum atomic E-state index is -3.08. The second-order valence-electron chi connectivity index (χ2n) is 4.62. The van der Waals surface area contributed by atoms with Crippen LogP contribution in [0.15, 0.2) is 12.1 Å². The van der Waals surface area contributed by atoms with Gasteiger partial charge in [0.1, 0.15) is 15.7 Å². The third kappa shape index (κ3) is 3.39. The van der Waals surface area contributed by atoms with Crippen molar-refractivity contribution in [2.45, 2.75) is 18.8 Å². The Hall–Kier alpha value is -0.490. The van der Waals surface area contributed by atoms with Crippen LogP contribution >= 0.6 is 34.8 Å². The summed E-state index contributed by atoms with van der Waals surface area (Å²) in [4.78, 5) is 4.41. The van der Waals surface area contributed by atoms with Gasteiger partial charge in [-0.3, -0.25) is 0 Å². The quantitative estimate of drug-likeness (QED) is 0.786. The van der Waals surface area contributed by atoms with Crippen molar-refractivity contribution in [2.75, 3.05) is 12.0 Å². The van der Waals surface area contributed by atoms with Gasteiger partial charge in [-0.25, -0.2) is 13.4 Å². The van der Waals surface area contributed by atoms with Gasteiger partial charge < -0.3 is 4.57 Å². The maximum Gasteiger partial charge on any atom is 0.149 e. The Morgan fingerprint density at radius 3 is 2.45 bits per heavy atom. The fourth-order valence-corrected chi connectivity index (χ4v) is 2.93. The molecule has 0 amide bonds. The van der Waals surface area contributed by atoms with Gasteiger partial charge in [0.15, 0.2) is 0 Å². The van der Waals surface area contributed by atoms with Gasteiger partial charge in [-0.05, 0) is 19.1 Å². The first-order valence-corrected chi connectivity index (χ1v) is 9.11. The van der Waals surface area contributed by atoms with Crippen molar-refractivity contribution in [2.24, 2.45) is 0 Å². The maximum atomic E-state index is 11.4. The molecule has 0 saturated carbocycles. The third-order valence-corrected chi connectivity index (χ3v) is 4.70. The molecule has 0 aliphatic rings. The summed E-state index contributed by atoms with van der Waals surface area (Å²) in [5.74, 6) is 0.610. The molecule has 0 bridgehead atoms. The highest BCUT2D eigenvalue weighted by Crippen LogP contribution is 2.31. The molecule has 110 valence electrons. The average Bonchev–Trinajstić information content (AvgIpc) is 2.64. The lowest BCUT2D eigenvalue weighted by molar-refractivity contribution is 0.593. The second-order valence-corrected chi connectivity index (χ2v) is 8.35. The summed E-state index contributed by atoms with van der Waals surface area (Å²) in [6, 6.07) is 3.33. The number of halogens is 3. The number of benzene rings is 1. The summed E-state index contributed by atoms with van der Waals surface area (Å²) >= 11 is 18.1. The first-order chi connectivity index (χ1) is 9.19. The van der Waals surface area contributed by atoms with Gasteiger partial charge in [0, 0.05) is 12.8 Å². The van der Waals surface area contributed by atoms with Crippen LogP contribution in [0, 0.1) is 0 Å². The first-order valence-electron chi connectivity index (χ1n) is 5.86. The standard InChI is InChI=1S/C12H13Cl3N2O2S/c1-7(13)12-16-10-5-8(14)9(15)6-11(10)17(12)3-4-20(2,18)19/h5-7H,3-4H2,1-2H3. The van der Waals surface area contributed by atoms with E-state index in [9.17, 15) is 8.42 Å². The summed E-state index contributed by atoms with van der Waals surface area (Å²) in [6.45, 7) is 2.06. The third-order valence-electron chi connectivity index (χ3n) is 2.86. The lowest BCUT2D eigenvalue weighted by Gasteiger charge is -2.10. The number of fused-ring (bicyclic) bond motifs is 1. The Morgan fingerprint density at radius 2 is 1.90 bits per heavy atom. The van der Waals surface area contributed by atoms with E-state index in [0.717, 1.165) is 5.52 Å². The molecule has 8 heteroatoms. The molecule has 0 fully saturated rings. The van der Waals surface area contributed by atoms with Crippen molar-refractivity contribution in [3.05, 3.63) is 28.0 Å². The van der Waals surface area contributed by atoms with E-state index in [0.29, 0.717) is 21.4 Å². The largest absolute Gasteiger partial charge is 0.326 e. The number of aromatic nitrogens is 2. The molecule has 0 aliphatic heterocycles. The molecule has 20 heavy (non-hydrogen) atoms. The van der Waals surface area contributed by atoms with Gasteiger partial charge in [-0.1, -0.05) is 23.2 Å². The van der Waals surface area contributed by atoms with Gasteiger partial charge >= 0.3 is 0 Å². The molecule has 0 N–H and O–H groups in total. The van der Waals surface area contributed by atoms with E-state index in [1.165, 1.54) is 6.26 Å². The van der Waals surface area contributed by atoms with E-state index in [1.807, 2.05) is 0 Å². The topological polar surface area (TPSA) is 52.0 Å². The SMILES string of the molecule is CC(Cl)c1nc2cc(Cl)c(Cl)cc2n1CCS(C)(=O)=O. The van der Waals surface area contributed by atoms with Gasteiger partial charge in [0.2, 0.25) is 0 Å². The number of sulfone groups is 1. The van der Waals surface area contributed by atoms with Crippen molar-refractivity contribution >= 4 is 55.7 Å². The van der Waals surface area contributed by atoms with Crippen molar-refractivity contribution in [3.8, 4) is 0 Å². The van der Waals surface area contributed by atoms with E-state index >= 15 is 0 Å². The number of hydrogen-bond acceptors (Lipinski definition) is 3. The fraction of sp³-hybridized carbons (Fsp3) is 0.417. The minimum Gasteiger partial charge on any atom is -0.326 e. The number of rotatable bonds is 4. The van der Waals surface area contributed by atoms with Crippen LogP contribution in [0.3, 0.4) is 0 Å². The molecule has 0 radical (unpaired) electrons. The zero-order valence-electron chi connectivity index (χ0n) is 10.9. The van der Waals surface area contributed by atoms with Crippen LogP contribution in [0.5, 0.6) is 0 Å².